The molecule has 0 aliphatic carbocycles. The van der Waals surface area contributed by atoms with Crippen molar-refractivity contribution < 1.29 is 36.2 Å². The van der Waals surface area contributed by atoms with Crippen LogP contribution >= 0.6 is 11.6 Å². The molecule has 4 rings (SSSR count). The van der Waals surface area contributed by atoms with Gasteiger partial charge < -0.3 is 14.7 Å². The summed E-state index contributed by atoms with van der Waals surface area (Å²) in [4.78, 5) is 13.4. The van der Waals surface area contributed by atoms with Gasteiger partial charge in [-0.05, 0) is 37.5 Å². The number of aliphatic carboxylic acids is 1. The van der Waals surface area contributed by atoms with Crippen molar-refractivity contribution in [1.82, 2.24) is 9.78 Å². The molecule has 1 aromatic heterocycles. The van der Waals surface area contributed by atoms with Gasteiger partial charge >= 0.3 is 12.1 Å². The van der Waals surface area contributed by atoms with E-state index < -0.39 is 39.9 Å². The molecule has 13 heteroatoms. The second-order valence-corrected chi connectivity index (χ2v) is 11.6. The lowest BCUT2D eigenvalue weighted by Crippen LogP contribution is -2.37. The van der Waals surface area contributed by atoms with Crippen molar-refractivity contribution in [1.29, 1.82) is 0 Å². The lowest BCUT2D eigenvalue weighted by molar-refractivity contribution is -0.153. The predicted molar refractivity (Wildman–Crippen MR) is 134 cm³/mol. The number of sulfone groups is 1. The van der Waals surface area contributed by atoms with Crippen LogP contribution in [0.1, 0.15) is 17.7 Å². The van der Waals surface area contributed by atoms with Crippen LogP contribution in [0.5, 0.6) is 5.75 Å². The van der Waals surface area contributed by atoms with Crippen molar-refractivity contribution >= 4 is 33.2 Å². The summed E-state index contributed by atoms with van der Waals surface area (Å²) in [6.45, 7) is 0.548. The fourth-order valence-electron chi connectivity index (χ4n) is 4.46. The molecular weight excluding hydrogens is 547 g/mol. The molecule has 8 nitrogen and oxygen atoms in total. The third-order valence-electron chi connectivity index (χ3n) is 6.23. The Bertz CT molecular complexity index is 1410. The van der Waals surface area contributed by atoms with E-state index in [0.717, 1.165) is 23.8 Å². The average Bonchev–Trinajstić information content (AvgIpc) is 3.45. The first kappa shape index (κ1) is 27.8. The monoisotopic (exact) mass is 571 g/mol. The maximum atomic E-state index is 13.5. The second kappa shape index (κ2) is 10.9. The van der Waals surface area contributed by atoms with Gasteiger partial charge in [0.05, 0.1) is 20.9 Å². The summed E-state index contributed by atoms with van der Waals surface area (Å²) in [7, 11) is -4.14. The molecule has 0 spiro atoms. The van der Waals surface area contributed by atoms with Gasteiger partial charge in [-0.1, -0.05) is 41.9 Å². The topological polar surface area (TPSA) is 102 Å². The highest BCUT2D eigenvalue weighted by Gasteiger charge is 2.45. The van der Waals surface area contributed by atoms with E-state index in [1.165, 1.54) is 4.90 Å². The number of anilines is 1. The van der Waals surface area contributed by atoms with Crippen LogP contribution in [0.25, 0.3) is 0 Å². The van der Waals surface area contributed by atoms with Crippen LogP contribution in [0.4, 0.5) is 19.0 Å². The number of nitrogens with zero attached hydrogens (tertiary/aromatic N) is 3. The van der Waals surface area contributed by atoms with Crippen molar-refractivity contribution in [3.63, 3.8) is 0 Å². The van der Waals surface area contributed by atoms with Crippen LogP contribution in [-0.2, 0) is 27.6 Å². The molecular formula is C25H25ClF3N3O5S. The molecule has 2 atom stereocenters. The number of aryl methyl sites for hydroxylation is 3. The summed E-state index contributed by atoms with van der Waals surface area (Å²) in [5.74, 6) is -0.927. The maximum Gasteiger partial charge on any atom is 0.422 e. The van der Waals surface area contributed by atoms with E-state index in [1.54, 1.807) is 17.7 Å². The molecule has 204 valence electrons. The molecule has 1 N–H and O–H groups in total. The predicted octanol–water partition coefficient (Wildman–Crippen LogP) is 4.53. The highest BCUT2D eigenvalue weighted by Crippen LogP contribution is 2.36. The summed E-state index contributed by atoms with van der Waals surface area (Å²) >= 11 is 6.14. The van der Waals surface area contributed by atoms with Gasteiger partial charge in [0, 0.05) is 25.2 Å². The van der Waals surface area contributed by atoms with E-state index in [-0.39, 0.29) is 28.6 Å². The molecule has 1 saturated heterocycles. The normalized spacial score (nSPS) is 18.1. The quantitative estimate of drug-likeness (QED) is 0.402. The molecule has 0 amide bonds. The van der Waals surface area contributed by atoms with Gasteiger partial charge in [0.2, 0.25) is 0 Å². The Labute approximate surface area is 222 Å². The molecule has 0 bridgehead atoms. The van der Waals surface area contributed by atoms with Crippen LogP contribution in [0.2, 0.25) is 5.02 Å². The Hall–Kier alpha value is -3.25. The number of ether oxygens (including phenoxy) is 1. The average molecular weight is 572 g/mol. The fourth-order valence-corrected chi connectivity index (χ4v) is 6.70. The molecule has 38 heavy (non-hydrogen) atoms. The van der Waals surface area contributed by atoms with Gasteiger partial charge in [0.1, 0.15) is 17.6 Å². The minimum absolute atomic E-state index is 0.127. The zero-order valence-corrected chi connectivity index (χ0v) is 21.8. The van der Waals surface area contributed by atoms with E-state index in [9.17, 15) is 31.5 Å². The first-order valence-electron chi connectivity index (χ1n) is 11.7. The van der Waals surface area contributed by atoms with Gasteiger partial charge in [-0.25, -0.2) is 17.9 Å². The molecule has 0 saturated carbocycles. The highest BCUT2D eigenvalue weighted by atomic mass is 35.5. The number of hydrogen-bond donors (Lipinski definition) is 1. The molecule has 2 aromatic carbocycles. The SMILES string of the molecule is Cc1cc(N2C[C@H](S(=O)(=O)c3ccc(OCC(F)(F)F)cc3Cl)C[C@H]2C(=O)O)n(CCc2ccccc2)n1. The number of halogens is 4. The fraction of sp³-hybridized carbons (Fsp3) is 0.360. The molecule has 1 fully saturated rings. The number of carboxylic acids is 1. The largest absolute Gasteiger partial charge is 0.484 e. The van der Waals surface area contributed by atoms with Crippen LogP contribution in [0, 0.1) is 6.92 Å². The van der Waals surface area contributed by atoms with E-state index in [4.69, 9.17) is 11.6 Å². The van der Waals surface area contributed by atoms with Crippen LogP contribution in [0.15, 0.2) is 59.5 Å². The van der Waals surface area contributed by atoms with Crippen LogP contribution in [0.3, 0.4) is 0 Å². The van der Waals surface area contributed by atoms with Gasteiger partial charge in [0.15, 0.2) is 16.4 Å². The smallest absolute Gasteiger partial charge is 0.422 e. The Morgan fingerprint density at radius 1 is 1.18 bits per heavy atom. The number of benzene rings is 2. The summed E-state index contributed by atoms with van der Waals surface area (Å²) < 4.78 is 70.6. The van der Waals surface area contributed by atoms with Crippen molar-refractivity contribution in [3.05, 3.63) is 70.9 Å². The molecule has 1 aliphatic rings. The van der Waals surface area contributed by atoms with Gasteiger partial charge in [-0.15, -0.1) is 0 Å². The zero-order chi connectivity index (χ0) is 27.7. The van der Waals surface area contributed by atoms with E-state index in [2.05, 4.69) is 9.84 Å². The lowest BCUT2D eigenvalue weighted by Gasteiger charge is -2.24. The first-order valence-corrected chi connectivity index (χ1v) is 13.6. The number of aromatic nitrogens is 2. The summed E-state index contributed by atoms with van der Waals surface area (Å²) in [6.07, 6.45) is -4.13. The minimum atomic E-state index is -4.57. The molecule has 1 aliphatic heterocycles. The molecule has 3 aromatic rings. The van der Waals surface area contributed by atoms with Gasteiger partial charge in [0.25, 0.3) is 0 Å². The summed E-state index contributed by atoms with van der Waals surface area (Å²) in [5.41, 5.74) is 1.72. The Morgan fingerprint density at radius 2 is 1.89 bits per heavy atom. The lowest BCUT2D eigenvalue weighted by atomic mass is 10.1. The van der Waals surface area contributed by atoms with Gasteiger partial charge in [-0.3, -0.25) is 0 Å². The number of carboxylic acid groups (broad SMARTS) is 1. The third kappa shape index (κ3) is 6.24. The summed E-state index contributed by atoms with van der Waals surface area (Å²) in [6, 6.07) is 13.4. The number of alkyl halides is 3. The maximum absolute atomic E-state index is 13.5. The third-order valence-corrected chi connectivity index (χ3v) is 8.84. The Kier molecular flexibility index (Phi) is 7.93. The molecule has 0 unspecified atom stereocenters. The van der Waals surface area contributed by atoms with Gasteiger partial charge in [-0.2, -0.15) is 18.3 Å². The van der Waals surface area contributed by atoms with Crippen LogP contribution < -0.4 is 9.64 Å². The number of hydrogen-bond acceptors (Lipinski definition) is 6. The first-order chi connectivity index (χ1) is 17.8. The molecule has 2 heterocycles. The molecule has 0 radical (unpaired) electrons. The van der Waals surface area contributed by atoms with Crippen LogP contribution in [-0.4, -0.2) is 59.9 Å². The zero-order valence-electron chi connectivity index (χ0n) is 20.2. The number of rotatable bonds is 9. The number of carbonyl (C=O) groups is 1. The second-order valence-electron chi connectivity index (χ2n) is 9.01. The highest BCUT2D eigenvalue weighted by molar-refractivity contribution is 7.92. The van der Waals surface area contributed by atoms with E-state index in [1.807, 2.05) is 30.3 Å². The summed E-state index contributed by atoms with van der Waals surface area (Å²) in [5, 5.41) is 13.0. The van der Waals surface area contributed by atoms with Crippen molar-refractivity contribution in [2.45, 2.75) is 48.7 Å². The van der Waals surface area contributed by atoms with E-state index in [0.29, 0.717) is 24.5 Å². The standard InChI is InChI=1S/C25H25ClF3N3O5S/c1-16-11-23(32(30-16)10-9-17-5-3-2-4-6-17)31-14-19(13-21(31)24(33)34)38(35,36)22-8-7-18(12-20(22)26)37-15-25(27,28)29/h2-8,11-12,19,21H,9-10,13-15H2,1H3,(H,33,34)/t19-,21+/m1/s1. The van der Waals surface area contributed by atoms with Crippen molar-refractivity contribution in [2.24, 2.45) is 0 Å². The Morgan fingerprint density at radius 3 is 2.53 bits per heavy atom. The minimum Gasteiger partial charge on any atom is -0.484 e. The Balaban J connectivity index is 1.57. The van der Waals surface area contributed by atoms with Crippen molar-refractivity contribution in [3.8, 4) is 5.75 Å². The van der Waals surface area contributed by atoms with E-state index >= 15 is 0 Å². The van der Waals surface area contributed by atoms with Crippen molar-refractivity contribution in [2.75, 3.05) is 18.1 Å².